The van der Waals surface area contributed by atoms with E-state index in [0.717, 1.165) is 23.6 Å². The zero-order valence-corrected chi connectivity index (χ0v) is 12.6. The molecule has 1 aromatic carbocycles. The maximum Gasteiger partial charge on any atom is 0.179 e. The molecule has 0 saturated carbocycles. The van der Waals surface area contributed by atoms with Gasteiger partial charge in [0.1, 0.15) is 5.82 Å². The Bertz CT molecular complexity index is 601. The van der Waals surface area contributed by atoms with Gasteiger partial charge >= 0.3 is 0 Å². The molecule has 0 fully saturated rings. The molecule has 0 aliphatic carbocycles. The lowest BCUT2D eigenvalue weighted by Crippen LogP contribution is -2.19. The van der Waals surface area contributed by atoms with Crippen LogP contribution in [0.3, 0.4) is 0 Å². The van der Waals surface area contributed by atoms with Crippen molar-refractivity contribution in [3.05, 3.63) is 40.9 Å². The molecule has 2 aromatic rings. The molecule has 6 heteroatoms. The quantitative estimate of drug-likeness (QED) is 0.911. The minimum atomic E-state index is 0.134. The number of nitrogens with zero attached hydrogens (tertiary/aromatic N) is 1. The molecule has 0 bridgehead atoms. The zero-order valence-electron chi connectivity index (χ0n) is 11.9. The van der Waals surface area contributed by atoms with E-state index in [0.29, 0.717) is 30.5 Å². The van der Waals surface area contributed by atoms with Crippen LogP contribution >= 0.6 is 11.6 Å². The number of rotatable bonds is 4. The molecule has 1 aromatic heterocycles. The summed E-state index contributed by atoms with van der Waals surface area (Å²) < 4.78 is 11.3. The molecule has 1 atom stereocenters. The van der Waals surface area contributed by atoms with Gasteiger partial charge < -0.3 is 19.8 Å². The predicted molar refractivity (Wildman–Crippen MR) is 80.9 cm³/mol. The van der Waals surface area contributed by atoms with Gasteiger partial charge in [-0.2, -0.15) is 0 Å². The first-order chi connectivity index (χ1) is 10.2. The fourth-order valence-corrected chi connectivity index (χ4v) is 2.56. The first-order valence-corrected chi connectivity index (χ1v) is 7.42. The van der Waals surface area contributed by atoms with Crippen LogP contribution in [0.5, 0.6) is 11.5 Å². The summed E-state index contributed by atoms with van der Waals surface area (Å²) in [7, 11) is 0. The summed E-state index contributed by atoms with van der Waals surface area (Å²) in [5, 5.41) is 4.00. The smallest absolute Gasteiger partial charge is 0.179 e. The molecule has 1 unspecified atom stereocenters. The van der Waals surface area contributed by atoms with Crippen LogP contribution < -0.4 is 14.8 Å². The number of aromatic amines is 1. The molecule has 2 N–H and O–H groups in total. The van der Waals surface area contributed by atoms with E-state index in [9.17, 15) is 0 Å². The molecule has 5 nitrogen and oxygen atoms in total. The molecular weight excluding hydrogens is 290 g/mol. The summed E-state index contributed by atoms with van der Waals surface area (Å²) in [5.41, 5.74) is 1.06. The van der Waals surface area contributed by atoms with Crippen LogP contribution in [-0.2, 0) is 6.54 Å². The van der Waals surface area contributed by atoms with Crippen LogP contribution in [0.1, 0.15) is 30.8 Å². The Balaban J connectivity index is 1.71. The second kappa shape index (κ2) is 6.37. The standard InChI is InChI=1S/C15H18ClN3O2/c1-10(15-17-3-4-18-15)19-9-11-7-12(16)14-13(8-11)20-5-2-6-21-14/h3-4,7-8,10,19H,2,5-6,9H2,1H3,(H,17,18). The minimum absolute atomic E-state index is 0.134. The molecule has 0 radical (unpaired) electrons. The van der Waals surface area contributed by atoms with E-state index in [2.05, 4.69) is 22.2 Å². The SMILES string of the molecule is CC(NCc1cc(Cl)c2c(c1)OCCCO2)c1ncc[nH]1. The van der Waals surface area contributed by atoms with Gasteiger partial charge in [0.15, 0.2) is 11.5 Å². The second-order valence-electron chi connectivity index (χ2n) is 5.03. The summed E-state index contributed by atoms with van der Waals surface area (Å²) >= 11 is 6.28. The number of hydrogen-bond acceptors (Lipinski definition) is 4. The fraction of sp³-hybridized carbons (Fsp3) is 0.400. The Morgan fingerprint density at radius 2 is 2.24 bits per heavy atom. The predicted octanol–water partition coefficient (Wildman–Crippen LogP) is 3.08. The van der Waals surface area contributed by atoms with Gasteiger partial charge in [-0.05, 0) is 24.6 Å². The number of nitrogens with one attached hydrogen (secondary N) is 2. The number of benzene rings is 1. The molecule has 2 heterocycles. The third-order valence-electron chi connectivity index (χ3n) is 3.40. The Morgan fingerprint density at radius 3 is 3.05 bits per heavy atom. The zero-order chi connectivity index (χ0) is 14.7. The first-order valence-electron chi connectivity index (χ1n) is 7.04. The number of H-pyrrole nitrogens is 1. The summed E-state index contributed by atoms with van der Waals surface area (Å²) in [5.74, 6) is 2.29. The Hall–Kier alpha value is -1.72. The van der Waals surface area contributed by atoms with Gasteiger partial charge in [-0.1, -0.05) is 11.6 Å². The number of imidazole rings is 1. The lowest BCUT2D eigenvalue weighted by molar-refractivity contribution is 0.297. The van der Waals surface area contributed by atoms with Gasteiger partial charge in [0.2, 0.25) is 0 Å². The van der Waals surface area contributed by atoms with Gasteiger partial charge in [0, 0.05) is 25.4 Å². The Kier molecular flexibility index (Phi) is 4.31. The summed E-state index contributed by atoms with van der Waals surface area (Å²) in [4.78, 5) is 7.34. The highest BCUT2D eigenvalue weighted by Gasteiger charge is 2.16. The lowest BCUT2D eigenvalue weighted by Gasteiger charge is -2.14. The van der Waals surface area contributed by atoms with Crippen LogP contribution in [0.2, 0.25) is 5.02 Å². The normalized spacial score (nSPS) is 15.5. The molecule has 3 rings (SSSR count). The van der Waals surface area contributed by atoms with Crippen molar-refractivity contribution in [1.29, 1.82) is 0 Å². The maximum absolute atomic E-state index is 6.28. The van der Waals surface area contributed by atoms with Gasteiger partial charge in [0.05, 0.1) is 24.3 Å². The summed E-state index contributed by atoms with van der Waals surface area (Å²) in [6.45, 7) is 4.03. The van der Waals surface area contributed by atoms with Crippen molar-refractivity contribution in [1.82, 2.24) is 15.3 Å². The van der Waals surface area contributed by atoms with E-state index in [1.807, 2.05) is 18.3 Å². The van der Waals surface area contributed by atoms with Crippen LogP contribution in [0, 0.1) is 0 Å². The number of fused-ring (bicyclic) bond motifs is 1. The highest BCUT2D eigenvalue weighted by molar-refractivity contribution is 6.32. The topological polar surface area (TPSA) is 59.2 Å². The van der Waals surface area contributed by atoms with Crippen molar-refractivity contribution >= 4 is 11.6 Å². The number of aromatic nitrogens is 2. The van der Waals surface area contributed by atoms with Gasteiger partial charge in [0.25, 0.3) is 0 Å². The third-order valence-corrected chi connectivity index (χ3v) is 3.68. The van der Waals surface area contributed by atoms with Crippen molar-refractivity contribution in [2.45, 2.75) is 25.9 Å². The van der Waals surface area contributed by atoms with Crippen LogP contribution in [0.25, 0.3) is 0 Å². The van der Waals surface area contributed by atoms with Crippen LogP contribution in [0.15, 0.2) is 24.5 Å². The van der Waals surface area contributed by atoms with E-state index in [1.54, 1.807) is 6.20 Å². The van der Waals surface area contributed by atoms with Crippen LogP contribution in [0.4, 0.5) is 0 Å². The Labute approximate surface area is 128 Å². The van der Waals surface area contributed by atoms with E-state index in [4.69, 9.17) is 21.1 Å². The maximum atomic E-state index is 6.28. The van der Waals surface area contributed by atoms with Crippen molar-refractivity contribution in [2.24, 2.45) is 0 Å². The molecule has 0 amide bonds. The Morgan fingerprint density at radius 1 is 1.38 bits per heavy atom. The molecular formula is C15H18ClN3O2. The van der Waals surface area contributed by atoms with E-state index in [-0.39, 0.29) is 6.04 Å². The van der Waals surface area contributed by atoms with Crippen molar-refractivity contribution < 1.29 is 9.47 Å². The van der Waals surface area contributed by atoms with E-state index < -0.39 is 0 Å². The van der Waals surface area contributed by atoms with E-state index in [1.165, 1.54) is 0 Å². The van der Waals surface area contributed by atoms with Crippen molar-refractivity contribution in [2.75, 3.05) is 13.2 Å². The number of ether oxygens (including phenoxy) is 2. The minimum Gasteiger partial charge on any atom is -0.489 e. The largest absolute Gasteiger partial charge is 0.489 e. The average molecular weight is 308 g/mol. The molecule has 0 saturated heterocycles. The molecule has 21 heavy (non-hydrogen) atoms. The highest BCUT2D eigenvalue weighted by Crippen LogP contribution is 2.38. The molecule has 1 aliphatic rings. The summed E-state index contributed by atoms with van der Waals surface area (Å²) in [6.07, 6.45) is 4.43. The van der Waals surface area contributed by atoms with Gasteiger partial charge in [-0.25, -0.2) is 4.98 Å². The highest BCUT2D eigenvalue weighted by atomic mass is 35.5. The summed E-state index contributed by atoms with van der Waals surface area (Å²) in [6, 6.07) is 4.03. The molecule has 0 spiro atoms. The average Bonchev–Trinajstić information content (AvgIpc) is 2.91. The van der Waals surface area contributed by atoms with Crippen LogP contribution in [-0.4, -0.2) is 23.2 Å². The van der Waals surface area contributed by atoms with Crippen molar-refractivity contribution in [3.63, 3.8) is 0 Å². The monoisotopic (exact) mass is 307 g/mol. The number of hydrogen-bond donors (Lipinski definition) is 2. The second-order valence-corrected chi connectivity index (χ2v) is 5.44. The van der Waals surface area contributed by atoms with Gasteiger partial charge in [-0.15, -0.1) is 0 Å². The third kappa shape index (κ3) is 3.31. The van der Waals surface area contributed by atoms with Crippen molar-refractivity contribution in [3.8, 4) is 11.5 Å². The fourth-order valence-electron chi connectivity index (χ4n) is 2.27. The van der Waals surface area contributed by atoms with Gasteiger partial charge in [-0.3, -0.25) is 0 Å². The number of halogens is 1. The van der Waals surface area contributed by atoms with E-state index >= 15 is 0 Å². The molecule has 112 valence electrons. The first kappa shape index (κ1) is 14.2. The lowest BCUT2D eigenvalue weighted by atomic mass is 10.2. The molecule has 1 aliphatic heterocycles.